The molecule has 0 atom stereocenters. The van der Waals surface area contributed by atoms with E-state index in [1.54, 1.807) is 12.1 Å². The van der Waals surface area contributed by atoms with E-state index in [4.69, 9.17) is 0 Å². The lowest BCUT2D eigenvalue weighted by molar-refractivity contribution is 0.595. The molecule has 0 bridgehead atoms. The average molecular weight is 263 g/mol. The summed E-state index contributed by atoms with van der Waals surface area (Å²) in [5, 5.41) is 0. The van der Waals surface area contributed by atoms with Crippen LogP contribution < -0.4 is 0 Å². The molecule has 4 heteroatoms. The van der Waals surface area contributed by atoms with Gasteiger partial charge < -0.3 is 4.98 Å². The summed E-state index contributed by atoms with van der Waals surface area (Å²) in [6, 6.07) is 10.9. The molecule has 0 aliphatic rings. The summed E-state index contributed by atoms with van der Waals surface area (Å²) in [5.74, 6) is 0.135. The van der Waals surface area contributed by atoms with Gasteiger partial charge >= 0.3 is 0 Å². The van der Waals surface area contributed by atoms with Gasteiger partial charge in [-0.2, -0.15) is 0 Å². The summed E-state index contributed by atoms with van der Waals surface area (Å²) >= 11 is 0. The molecule has 18 heavy (non-hydrogen) atoms. The fourth-order valence-corrected chi connectivity index (χ4v) is 3.09. The Bertz CT molecular complexity index is 624. The third kappa shape index (κ3) is 3.01. The van der Waals surface area contributed by atoms with Crippen LogP contribution in [-0.2, 0) is 16.3 Å². The lowest BCUT2D eigenvalue weighted by Gasteiger charge is -2.04. The van der Waals surface area contributed by atoms with E-state index in [0.717, 1.165) is 17.0 Å². The summed E-state index contributed by atoms with van der Waals surface area (Å²) in [6.45, 7) is 3.90. The fourth-order valence-electron chi connectivity index (χ4n) is 1.82. The highest BCUT2D eigenvalue weighted by atomic mass is 32.2. The van der Waals surface area contributed by atoms with E-state index in [2.05, 4.69) is 4.98 Å². The van der Waals surface area contributed by atoms with Gasteiger partial charge in [0.1, 0.15) is 0 Å². The Morgan fingerprint density at radius 1 is 1.00 bits per heavy atom. The van der Waals surface area contributed by atoms with Gasteiger partial charge in [0.2, 0.25) is 0 Å². The minimum atomic E-state index is -3.19. The molecule has 0 spiro atoms. The first kappa shape index (κ1) is 12.9. The van der Waals surface area contributed by atoms with Gasteiger partial charge in [0.05, 0.1) is 10.6 Å². The topological polar surface area (TPSA) is 49.9 Å². The van der Waals surface area contributed by atoms with Crippen molar-refractivity contribution in [1.29, 1.82) is 0 Å². The zero-order valence-electron chi connectivity index (χ0n) is 10.6. The lowest BCUT2D eigenvalue weighted by Crippen LogP contribution is -2.09. The average Bonchev–Trinajstić information content (AvgIpc) is 2.73. The first-order valence-electron chi connectivity index (χ1n) is 5.91. The van der Waals surface area contributed by atoms with Crippen LogP contribution in [0, 0.1) is 13.8 Å². The van der Waals surface area contributed by atoms with E-state index >= 15 is 0 Å². The molecule has 0 aliphatic carbocycles. The number of H-pyrrole nitrogens is 1. The summed E-state index contributed by atoms with van der Waals surface area (Å²) in [7, 11) is -3.19. The summed E-state index contributed by atoms with van der Waals surface area (Å²) in [6.07, 6.45) is 0.518. The van der Waals surface area contributed by atoms with Crippen LogP contribution in [0.3, 0.4) is 0 Å². The largest absolute Gasteiger partial charge is 0.362 e. The standard InChI is InChI=1S/C14H17NO2S/c1-11-3-7-14(8-4-11)18(16,17)10-9-13-6-5-12(2)15-13/h3-8,15H,9-10H2,1-2H3. The Hall–Kier alpha value is -1.55. The molecule has 2 aromatic rings. The van der Waals surface area contributed by atoms with Crippen molar-refractivity contribution in [3.8, 4) is 0 Å². The molecule has 0 unspecified atom stereocenters. The molecule has 1 heterocycles. The third-order valence-corrected chi connectivity index (χ3v) is 4.64. The van der Waals surface area contributed by atoms with E-state index in [1.807, 2.05) is 38.1 Å². The van der Waals surface area contributed by atoms with Gasteiger partial charge in [0, 0.05) is 17.8 Å². The highest BCUT2D eigenvalue weighted by molar-refractivity contribution is 7.91. The Labute approximate surface area is 108 Å². The maximum atomic E-state index is 12.1. The van der Waals surface area contributed by atoms with Crippen LogP contribution in [0.5, 0.6) is 0 Å². The van der Waals surface area contributed by atoms with Gasteiger partial charge in [0.25, 0.3) is 0 Å². The Morgan fingerprint density at radius 3 is 2.22 bits per heavy atom. The van der Waals surface area contributed by atoms with Crippen LogP contribution >= 0.6 is 0 Å². The maximum Gasteiger partial charge on any atom is 0.178 e. The number of aromatic nitrogens is 1. The van der Waals surface area contributed by atoms with E-state index in [1.165, 1.54) is 0 Å². The Morgan fingerprint density at radius 2 is 1.67 bits per heavy atom. The molecule has 0 fully saturated rings. The number of sulfone groups is 1. The van der Waals surface area contributed by atoms with Crippen molar-refractivity contribution < 1.29 is 8.42 Å². The van der Waals surface area contributed by atoms with Gasteiger partial charge in [-0.3, -0.25) is 0 Å². The highest BCUT2D eigenvalue weighted by Gasteiger charge is 2.14. The number of aryl methyl sites for hydroxylation is 3. The molecule has 0 aliphatic heterocycles. The lowest BCUT2D eigenvalue weighted by atomic mass is 10.2. The van der Waals surface area contributed by atoms with Crippen molar-refractivity contribution in [1.82, 2.24) is 4.98 Å². The normalized spacial score (nSPS) is 11.7. The Balaban J connectivity index is 2.10. The molecule has 1 aromatic carbocycles. The molecule has 1 aromatic heterocycles. The minimum Gasteiger partial charge on any atom is -0.362 e. The first-order valence-corrected chi connectivity index (χ1v) is 7.56. The fraction of sp³-hybridized carbons (Fsp3) is 0.286. The highest BCUT2D eigenvalue weighted by Crippen LogP contribution is 2.13. The van der Waals surface area contributed by atoms with E-state index in [9.17, 15) is 8.42 Å². The van der Waals surface area contributed by atoms with Crippen LogP contribution in [0.25, 0.3) is 0 Å². The van der Waals surface area contributed by atoms with E-state index in [-0.39, 0.29) is 5.75 Å². The second-order valence-electron chi connectivity index (χ2n) is 4.55. The molecule has 0 amide bonds. The smallest absolute Gasteiger partial charge is 0.178 e. The molecule has 96 valence electrons. The van der Waals surface area contributed by atoms with E-state index < -0.39 is 9.84 Å². The van der Waals surface area contributed by atoms with Gasteiger partial charge in [-0.1, -0.05) is 17.7 Å². The molecule has 2 rings (SSSR count). The van der Waals surface area contributed by atoms with Gasteiger partial charge in [0.15, 0.2) is 9.84 Å². The summed E-state index contributed by atoms with van der Waals surface area (Å²) < 4.78 is 24.2. The van der Waals surface area contributed by atoms with Crippen LogP contribution in [-0.4, -0.2) is 19.2 Å². The van der Waals surface area contributed by atoms with Gasteiger partial charge in [-0.25, -0.2) is 8.42 Å². The van der Waals surface area contributed by atoms with Crippen LogP contribution in [0.4, 0.5) is 0 Å². The predicted molar refractivity (Wildman–Crippen MR) is 72.5 cm³/mol. The first-order chi connectivity index (χ1) is 8.47. The number of benzene rings is 1. The summed E-state index contributed by atoms with van der Waals surface area (Å²) in [4.78, 5) is 3.54. The van der Waals surface area contributed by atoms with Crippen LogP contribution in [0.15, 0.2) is 41.3 Å². The second kappa shape index (κ2) is 4.98. The third-order valence-electron chi connectivity index (χ3n) is 2.91. The molecule has 0 radical (unpaired) electrons. The molecule has 3 nitrogen and oxygen atoms in total. The number of hydrogen-bond acceptors (Lipinski definition) is 2. The second-order valence-corrected chi connectivity index (χ2v) is 6.66. The monoisotopic (exact) mass is 263 g/mol. The number of nitrogens with one attached hydrogen (secondary N) is 1. The van der Waals surface area contributed by atoms with Crippen LogP contribution in [0.2, 0.25) is 0 Å². The zero-order valence-corrected chi connectivity index (χ0v) is 11.4. The SMILES string of the molecule is Cc1ccc(S(=O)(=O)CCc2ccc(C)[nH]2)cc1. The number of rotatable bonds is 4. The molecule has 1 N–H and O–H groups in total. The molecule has 0 saturated carbocycles. The maximum absolute atomic E-state index is 12.1. The number of hydrogen-bond donors (Lipinski definition) is 1. The molecule has 0 saturated heterocycles. The predicted octanol–water partition coefficient (Wildman–Crippen LogP) is 2.65. The minimum absolute atomic E-state index is 0.135. The summed E-state index contributed by atoms with van der Waals surface area (Å²) in [5.41, 5.74) is 3.08. The van der Waals surface area contributed by atoms with E-state index in [0.29, 0.717) is 11.3 Å². The quantitative estimate of drug-likeness (QED) is 0.922. The Kier molecular flexibility index (Phi) is 3.57. The van der Waals surface area contributed by atoms with Crippen molar-refractivity contribution in [2.75, 3.05) is 5.75 Å². The van der Waals surface area contributed by atoms with Crippen LogP contribution in [0.1, 0.15) is 17.0 Å². The zero-order chi connectivity index (χ0) is 13.2. The van der Waals surface area contributed by atoms with Crippen molar-refractivity contribution in [3.05, 3.63) is 53.3 Å². The van der Waals surface area contributed by atoms with Crippen molar-refractivity contribution >= 4 is 9.84 Å². The van der Waals surface area contributed by atoms with Crippen molar-refractivity contribution in [2.24, 2.45) is 0 Å². The molecular formula is C14H17NO2S. The molecular weight excluding hydrogens is 246 g/mol. The van der Waals surface area contributed by atoms with Crippen molar-refractivity contribution in [2.45, 2.75) is 25.2 Å². The number of aromatic amines is 1. The van der Waals surface area contributed by atoms with Gasteiger partial charge in [-0.05, 0) is 38.1 Å². The van der Waals surface area contributed by atoms with Gasteiger partial charge in [-0.15, -0.1) is 0 Å². The van der Waals surface area contributed by atoms with Crippen molar-refractivity contribution in [3.63, 3.8) is 0 Å².